The smallest absolute Gasteiger partial charge is 0.243 e. The molecule has 7 nitrogen and oxygen atoms in total. The van der Waals surface area contributed by atoms with Crippen molar-refractivity contribution in [3.63, 3.8) is 0 Å². The summed E-state index contributed by atoms with van der Waals surface area (Å²) in [6.07, 6.45) is 2.48. The fourth-order valence-electron chi connectivity index (χ4n) is 4.43. The molecule has 3 aromatic rings. The van der Waals surface area contributed by atoms with Crippen molar-refractivity contribution in [3.05, 3.63) is 100 Å². The SMILES string of the molecule is CCC(C)NC(=O)C(Cc1ccccc1)N(Cc1ccc(Cl)cc1Cl)C(=O)CCCN(c1ccccc1)S(C)(=O)=O. The Kier molecular flexibility index (Phi) is 12.1. The summed E-state index contributed by atoms with van der Waals surface area (Å²) in [4.78, 5) is 29.1. The normalized spacial score (nSPS) is 12.8. The van der Waals surface area contributed by atoms with Crippen molar-refractivity contribution < 1.29 is 18.0 Å². The van der Waals surface area contributed by atoms with Crippen LogP contribution in [0.1, 0.15) is 44.2 Å². The highest BCUT2D eigenvalue weighted by Crippen LogP contribution is 2.25. The maximum Gasteiger partial charge on any atom is 0.243 e. The Morgan fingerprint density at radius 3 is 2.17 bits per heavy atom. The van der Waals surface area contributed by atoms with Gasteiger partial charge in [-0.25, -0.2) is 8.42 Å². The molecule has 0 spiro atoms. The number of carbonyl (C=O) groups excluding carboxylic acids is 2. The second-order valence-corrected chi connectivity index (χ2v) is 12.8. The lowest BCUT2D eigenvalue weighted by molar-refractivity contribution is -0.141. The van der Waals surface area contributed by atoms with Crippen molar-refractivity contribution in [1.82, 2.24) is 10.2 Å². The monoisotopic (exact) mass is 617 g/mol. The summed E-state index contributed by atoms with van der Waals surface area (Å²) in [5.74, 6) is -0.540. The van der Waals surface area contributed by atoms with Crippen LogP contribution in [0.3, 0.4) is 0 Å². The number of sulfonamides is 1. The third-order valence-electron chi connectivity index (χ3n) is 6.82. The van der Waals surface area contributed by atoms with Crippen LogP contribution in [0.4, 0.5) is 5.69 Å². The predicted molar refractivity (Wildman–Crippen MR) is 167 cm³/mol. The fourth-order valence-corrected chi connectivity index (χ4v) is 5.86. The molecule has 0 saturated carbocycles. The molecule has 0 aliphatic carbocycles. The maximum absolute atomic E-state index is 13.9. The van der Waals surface area contributed by atoms with E-state index in [1.165, 1.54) is 4.31 Å². The van der Waals surface area contributed by atoms with Gasteiger partial charge in [0, 0.05) is 42.0 Å². The number of nitrogens with zero attached hydrogens (tertiary/aromatic N) is 2. The van der Waals surface area contributed by atoms with E-state index in [1.807, 2.05) is 50.2 Å². The van der Waals surface area contributed by atoms with Crippen LogP contribution < -0.4 is 9.62 Å². The van der Waals surface area contributed by atoms with E-state index in [-0.39, 0.29) is 43.8 Å². The second-order valence-electron chi connectivity index (χ2n) is 10.1. The van der Waals surface area contributed by atoms with Crippen molar-refractivity contribution in [2.45, 2.75) is 58.2 Å². The highest BCUT2D eigenvalue weighted by Gasteiger charge is 2.31. The Morgan fingerprint density at radius 1 is 0.951 bits per heavy atom. The number of para-hydroxylation sites is 1. The van der Waals surface area contributed by atoms with Gasteiger partial charge in [-0.05, 0) is 55.2 Å². The van der Waals surface area contributed by atoms with Gasteiger partial charge >= 0.3 is 0 Å². The molecule has 0 fully saturated rings. The van der Waals surface area contributed by atoms with Crippen molar-refractivity contribution >= 4 is 50.7 Å². The Hall–Kier alpha value is -3.07. The molecule has 0 aliphatic rings. The van der Waals surface area contributed by atoms with Crippen LogP contribution in [0, 0.1) is 0 Å². The molecule has 2 amide bonds. The molecule has 0 heterocycles. The van der Waals surface area contributed by atoms with Crippen LogP contribution in [0.5, 0.6) is 0 Å². The second kappa shape index (κ2) is 15.2. The quantitative estimate of drug-likeness (QED) is 0.237. The van der Waals surface area contributed by atoms with Crippen LogP contribution in [0.15, 0.2) is 78.9 Å². The zero-order chi connectivity index (χ0) is 30.0. The average Bonchev–Trinajstić information content (AvgIpc) is 2.94. The minimum absolute atomic E-state index is 0.0337. The molecule has 2 atom stereocenters. The minimum atomic E-state index is -3.57. The molecule has 41 heavy (non-hydrogen) atoms. The maximum atomic E-state index is 13.9. The molecule has 3 aromatic carbocycles. The molecule has 220 valence electrons. The zero-order valence-electron chi connectivity index (χ0n) is 23.6. The predicted octanol–water partition coefficient (Wildman–Crippen LogP) is 6.09. The molecular weight excluding hydrogens is 581 g/mol. The van der Waals surface area contributed by atoms with Crippen LogP contribution in [0.2, 0.25) is 10.0 Å². The van der Waals surface area contributed by atoms with E-state index in [1.54, 1.807) is 47.4 Å². The van der Waals surface area contributed by atoms with Gasteiger partial charge in [0.15, 0.2) is 0 Å². The molecule has 10 heteroatoms. The van der Waals surface area contributed by atoms with E-state index in [4.69, 9.17) is 23.2 Å². The summed E-state index contributed by atoms with van der Waals surface area (Å²) in [6.45, 7) is 4.11. The molecule has 0 bridgehead atoms. The van der Waals surface area contributed by atoms with Gasteiger partial charge in [0.2, 0.25) is 21.8 Å². The first kappa shape index (κ1) is 32.4. The van der Waals surface area contributed by atoms with E-state index in [0.29, 0.717) is 27.7 Å². The third-order valence-corrected chi connectivity index (χ3v) is 8.61. The van der Waals surface area contributed by atoms with E-state index < -0.39 is 16.1 Å². The lowest BCUT2D eigenvalue weighted by Gasteiger charge is -2.33. The number of amides is 2. The molecule has 0 saturated heterocycles. The number of carbonyl (C=O) groups is 2. The largest absolute Gasteiger partial charge is 0.352 e. The number of anilines is 1. The molecule has 0 radical (unpaired) electrons. The average molecular weight is 619 g/mol. The van der Waals surface area contributed by atoms with Crippen molar-refractivity contribution in [1.29, 1.82) is 0 Å². The van der Waals surface area contributed by atoms with Crippen LogP contribution in [-0.4, -0.2) is 50.0 Å². The number of rotatable bonds is 14. The highest BCUT2D eigenvalue weighted by atomic mass is 35.5. The lowest BCUT2D eigenvalue weighted by Crippen LogP contribution is -2.52. The number of hydrogen-bond acceptors (Lipinski definition) is 4. The first-order valence-electron chi connectivity index (χ1n) is 13.6. The molecule has 0 aliphatic heterocycles. The summed E-state index contributed by atoms with van der Waals surface area (Å²) in [5, 5.41) is 3.89. The van der Waals surface area contributed by atoms with Crippen LogP contribution in [0.25, 0.3) is 0 Å². The molecular formula is C31H37Cl2N3O4S. The van der Waals surface area contributed by atoms with Gasteiger partial charge in [-0.2, -0.15) is 0 Å². The lowest BCUT2D eigenvalue weighted by atomic mass is 10.0. The number of benzene rings is 3. The Balaban J connectivity index is 1.91. The minimum Gasteiger partial charge on any atom is -0.352 e. The fraction of sp³-hybridized carbons (Fsp3) is 0.355. The van der Waals surface area contributed by atoms with E-state index in [9.17, 15) is 18.0 Å². The van der Waals surface area contributed by atoms with Gasteiger partial charge in [-0.3, -0.25) is 13.9 Å². The standard InChI is InChI=1S/C31H37Cl2N3O4S/c1-4-23(2)34-31(38)29(20-24-12-7-5-8-13-24)35(22-25-17-18-26(32)21-28(25)33)30(37)16-11-19-36(41(3,39)40)27-14-9-6-10-15-27/h5-10,12-15,17-18,21,23,29H,4,11,16,19-20,22H2,1-3H3,(H,34,38). The summed E-state index contributed by atoms with van der Waals surface area (Å²) in [7, 11) is -3.57. The Bertz CT molecular complexity index is 1410. The third kappa shape index (κ3) is 9.76. The summed E-state index contributed by atoms with van der Waals surface area (Å²) < 4.78 is 26.4. The van der Waals surface area contributed by atoms with Gasteiger partial charge < -0.3 is 10.2 Å². The van der Waals surface area contributed by atoms with Crippen molar-refractivity contribution in [2.75, 3.05) is 17.1 Å². The van der Waals surface area contributed by atoms with Crippen LogP contribution >= 0.6 is 23.2 Å². The number of hydrogen-bond donors (Lipinski definition) is 1. The highest BCUT2D eigenvalue weighted by molar-refractivity contribution is 7.92. The summed E-state index contributed by atoms with van der Waals surface area (Å²) in [5.41, 5.74) is 2.09. The first-order valence-corrected chi connectivity index (χ1v) is 16.2. The number of nitrogens with one attached hydrogen (secondary N) is 1. The summed E-state index contributed by atoms with van der Waals surface area (Å²) in [6, 6.07) is 22.5. The van der Waals surface area contributed by atoms with Gasteiger partial charge in [-0.15, -0.1) is 0 Å². The van der Waals surface area contributed by atoms with Crippen molar-refractivity contribution in [2.24, 2.45) is 0 Å². The first-order chi connectivity index (χ1) is 19.5. The van der Waals surface area contributed by atoms with Crippen molar-refractivity contribution in [3.8, 4) is 0 Å². The van der Waals surface area contributed by atoms with Gasteiger partial charge in [0.25, 0.3) is 0 Å². The number of halogens is 2. The van der Waals surface area contributed by atoms with Gasteiger partial charge in [-0.1, -0.05) is 84.7 Å². The van der Waals surface area contributed by atoms with Gasteiger partial charge in [0.05, 0.1) is 11.9 Å². The van der Waals surface area contributed by atoms with Crippen LogP contribution in [-0.2, 0) is 32.6 Å². The van der Waals surface area contributed by atoms with E-state index >= 15 is 0 Å². The summed E-state index contributed by atoms with van der Waals surface area (Å²) >= 11 is 12.6. The van der Waals surface area contributed by atoms with E-state index in [0.717, 1.165) is 18.2 Å². The van der Waals surface area contributed by atoms with E-state index in [2.05, 4.69) is 5.32 Å². The Morgan fingerprint density at radius 2 is 1.59 bits per heavy atom. The van der Waals surface area contributed by atoms with Gasteiger partial charge in [0.1, 0.15) is 6.04 Å². The molecule has 3 rings (SSSR count). The molecule has 1 N–H and O–H groups in total. The molecule has 2 unspecified atom stereocenters. The Labute approximate surface area is 253 Å². The topological polar surface area (TPSA) is 86.8 Å². The molecule has 0 aromatic heterocycles. The zero-order valence-corrected chi connectivity index (χ0v) is 25.9.